The molecule has 0 unspecified atom stereocenters. The van der Waals surface area contributed by atoms with Crippen LogP contribution in [0.1, 0.15) is 34.0 Å². The van der Waals surface area contributed by atoms with E-state index in [1.807, 2.05) is 43.3 Å². The minimum atomic E-state index is -0.279. The molecule has 2 aliphatic rings. The average Bonchev–Trinajstić information content (AvgIpc) is 2.55. The van der Waals surface area contributed by atoms with E-state index < -0.39 is 0 Å². The van der Waals surface area contributed by atoms with Crippen molar-refractivity contribution in [3.8, 4) is 17.2 Å². The number of ketones is 1. The largest absolute Gasteiger partial charge is 0.486 e. The van der Waals surface area contributed by atoms with Gasteiger partial charge >= 0.3 is 0 Å². The monoisotopic (exact) mass is 296 g/mol. The second kappa shape index (κ2) is 5.05. The molecular formula is C18H16O4. The third-order valence-corrected chi connectivity index (χ3v) is 4.01. The number of Topliss-reactive ketones (excluding diaryl/α,β-unsaturated/α-hetero) is 1. The highest BCUT2D eigenvalue weighted by atomic mass is 16.6. The van der Waals surface area contributed by atoms with Crippen LogP contribution in [0.25, 0.3) is 0 Å². The van der Waals surface area contributed by atoms with Crippen molar-refractivity contribution in [3.63, 3.8) is 0 Å². The van der Waals surface area contributed by atoms with Crippen LogP contribution < -0.4 is 14.2 Å². The molecule has 2 aromatic rings. The second-order valence-corrected chi connectivity index (χ2v) is 5.64. The SMILES string of the molecule is Cc1ccc2c(c1)C(=O)C[C@@H](c1ccc3c(c1)OCCO3)O2. The van der Waals surface area contributed by atoms with Crippen molar-refractivity contribution in [1.29, 1.82) is 0 Å². The number of aryl methyl sites for hydroxylation is 1. The lowest BCUT2D eigenvalue weighted by atomic mass is 9.95. The Morgan fingerprint density at radius 3 is 2.59 bits per heavy atom. The van der Waals surface area contributed by atoms with Gasteiger partial charge in [0.25, 0.3) is 0 Å². The summed E-state index contributed by atoms with van der Waals surface area (Å²) in [7, 11) is 0. The van der Waals surface area contributed by atoms with Gasteiger partial charge in [0.2, 0.25) is 0 Å². The number of rotatable bonds is 1. The molecule has 0 bridgehead atoms. The molecule has 0 saturated carbocycles. The van der Waals surface area contributed by atoms with Crippen molar-refractivity contribution in [2.24, 2.45) is 0 Å². The predicted octanol–water partition coefficient (Wildman–Crippen LogP) is 3.47. The van der Waals surface area contributed by atoms with Gasteiger partial charge in [-0.15, -0.1) is 0 Å². The van der Waals surface area contributed by atoms with E-state index in [4.69, 9.17) is 14.2 Å². The Morgan fingerprint density at radius 1 is 0.955 bits per heavy atom. The summed E-state index contributed by atoms with van der Waals surface area (Å²) in [6.07, 6.45) is 0.0642. The lowest BCUT2D eigenvalue weighted by molar-refractivity contribution is 0.0849. The van der Waals surface area contributed by atoms with E-state index >= 15 is 0 Å². The fourth-order valence-electron chi connectivity index (χ4n) is 2.88. The highest BCUT2D eigenvalue weighted by molar-refractivity contribution is 6.00. The van der Waals surface area contributed by atoms with Gasteiger partial charge in [0.05, 0.1) is 12.0 Å². The van der Waals surface area contributed by atoms with E-state index in [9.17, 15) is 4.79 Å². The van der Waals surface area contributed by atoms with E-state index in [0.717, 1.165) is 22.6 Å². The van der Waals surface area contributed by atoms with E-state index in [0.29, 0.717) is 30.9 Å². The number of carbonyl (C=O) groups excluding carboxylic acids is 1. The van der Waals surface area contributed by atoms with Crippen LogP contribution in [0.15, 0.2) is 36.4 Å². The maximum atomic E-state index is 12.4. The lowest BCUT2D eigenvalue weighted by Gasteiger charge is -2.27. The first-order valence-electron chi connectivity index (χ1n) is 7.41. The summed E-state index contributed by atoms with van der Waals surface area (Å²) in [5.74, 6) is 2.23. The first kappa shape index (κ1) is 13.2. The zero-order valence-corrected chi connectivity index (χ0v) is 12.3. The van der Waals surface area contributed by atoms with Crippen LogP contribution in [0, 0.1) is 6.92 Å². The van der Waals surface area contributed by atoms with Gasteiger partial charge in [0.15, 0.2) is 17.3 Å². The van der Waals surface area contributed by atoms with E-state index in [1.165, 1.54) is 0 Å². The van der Waals surface area contributed by atoms with Crippen molar-refractivity contribution < 1.29 is 19.0 Å². The average molecular weight is 296 g/mol. The Bertz CT molecular complexity index is 751. The molecule has 22 heavy (non-hydrogen) atoms. The molecule has 0 N–H and O–H groups in total. The molecule has 0 aromatic heterocycles. The van der Waals surface area contributed by atoms with Crippen LogP contribution in [0.4, 0.5) is 0 Å². The quantitative estimate of drug-likeness (QED) is 0.808. The van der Waals surface area contributed by atoms with Crippen LogP contribution in [-0.4, -0.2) is 19.0 Å². The van der Waals surface area contributed by atoms with Crippen LogP contribution in [0.3, 0.4) is 0 Å². The zero-order valence-electron chi connectivity index (χ0n) is 12.3. The molecule has 2 heterocycles. The highest BCUT2D eigenvalue weighted by Gasteiger charge is 2.28. The van der Waals surface area contributed by atoms with Gasteiger partial charge in [-0.2, -0.15) is 0 Å². The Labute approximate surface area is 128 Å². The van der Waals surface area contributed by atoms with Crippen LogP contribution in [-0.2, 0) is 0 Å². The standard InChI is InChI=1S/C18H16O4/c1-11-2-4-15-13(8-11)14(19)10-17(22-15)12-3-5-16-18(9-12)21-7-6-20-16/h2-5,8-9,17H,6-7,10H2,1H3/t17-/m0/s1. The summed E-state index contributed by atoms with van der Waals surface area (Å²) < 4.78 is 17.1. The summed E-state index contributed by atoms with van der Waals surface area (Å²) in [5, 5.41) is 0. The Hall–Kier alpha value is -2.49. The first-order chi connectivity index (χ1) is 10.7. The van der Waals surface area contributed by atoms with Gasteiger partial charge in [-0.3, -0.25) is 4.79 Å². The van der Waals surface area contributed by atoms with Crippen LogP contribution >= 0.6 is 0 Å². The van der Waals surface area contributed by atoms with Gasteiger partial charge in [-0.25, -0.2) is 0 Å². The smallest absolute Gasteiger partial charge is 0.170 e. The fourth-order valence-corrected chi connectivity index (χ4v) is 2.88. The number of hydrogen-bond donors (Lipinski definition) is 0. The molecule has 0 radical (unpaired) electrons. The van der Waals surface area contributed by atoms with Gasteiger partial charge in [-0.05, 0) is 36.8 Å². The predicted molar refractivity (Wildman–Crippen MR) is 80.9 cm³/mol. The second-order valence-electron chi connectivity index (χ2n) is 5.64. The Balaban J connectivity index is 1.67. The Morgan fingerprint density at radius 2 is 1.73 bits per heavy atom. The van der Waals surface area contributed by atoms with Crippen molar-refractivity contribution in [2.75, 3.05) is 13.2 Å². The maximum Gasteiger partial charge on any atom is 0.170 e. The molecule has 0 aliphatic carbocycles. The van der Waals surface area contributed by atoms with Gasteiger partial charge in [0.1, 0.15) is 25.1 Å². The number of fused-ring (bicyclic) bond motifs is 2. The molecule has 0 fully saturated rings. The number of benzene rings is 2. The first-order valence-corrected chi connectivity index (χ1v) is 7.41. The molecule has 0 saturated heterocycles. The van der Waals surface area contributed by atoms with E-state index in [1.54, 1.807) is 0 Å². The molecule has 1 atom stereocenters. The van der Waals surface area contributed by atoms with Crippen molar-refractivity contribution in [3.05, 3.63) is 53.1 Å². The highest BCUT2D eigenvalue weighted by Crippen LogP contribution is 2.39. The normalized spacial score (nSPS) is 19.3. The molecule has 2 aromatic carbocycles. The summed E-state index contributed by atoms with van der Waals surface area (Å²) in [5.41, 5.74) is 2.67. The molecule has 4 nitrogen and oxygen atoms in total. The van der Waals surface area contributed by atoms with Gasteiger partial charge in [0, 0.05) is 0 Å². The number of carbonyl (C=O) groups is 1. The molecule has 0 spiro atoms. The molecule has 4 heteroatoms. The van der Waals surface area contributed by atoms with Crippen molar-refractivity contribution in [1.82, 2.24) is 0 Å². The molecule has 0 amide bonds. The molecule has 2 aliphatic heterocycles. The summed E-state index contributed by atoms with van der Waals surface area (Å²) in [6, 6.07) is 11.4. The minimum Gasteiger partial charge on any atom is -0.486 e. The fraction of sp³-hybridized carbons (Fsp3) is 0.278. The molecular weight excluding hydrogens is 280 g/mol. The summed E-state index contributed by atoms with van der Waals surface area (Å²) >= 11 is 0. The third-order valence-electron chi connectivity index (χ3n) is 4.01. The number of ether oxygens (including phenoxy) is 3. The summed E-state index contributed by atoms with van der Waals surface area (Å²) in [6.45, 7) is 3.08. The van der Waals surface area contributed by atoms with Crippen molar-refractivity contribution >= 4 is 5.78 Å². The minimum absolute atomic E-state index is 0.116. The third kappa shape index (κ3) is 2.21. The zero-order chi connectivity index (χ0) is 15.1. The molecule has 112 valence electrons. The van der Waals surface area contributed by atoms with E-state index in [-0.39, 0.29) is 11.9 Å². The van der Waals surface area contributed by atoms with E-state index in [2.05, 4.69) is 0 Å². The van der Waals surface area contributed by atoms with Crippen LogP contribution in [0.2, 0.25) is 0 Å². The number of hydrogen-bond acceptors (Lipinski definition) is 4. The van der Waals surface area contributed by atoms with Crippen LogP contribution in [0.5, 0.6) is 17.2 Å². The summed E-state index contributed by atoms with van der Waals surface area (Å²) in [4.78, 5) is 12.4. The van der Waals surface area contributed by atoms with Crippen molar-refractivity contribution in [2.45, 2.75) is 19.4 Å². The molecule has 4 rings (SSSR count). The van der Waals surface area contributed by atoms with Gasteiger partial charge in [-0.1, -0.05) is 17.7 Å². The lowest BCUT2D eigenvalue weighted by Crippen LogP contribution is -2.21. The Kier molecular flexibility index (Phi) is 3.03. The topological polar surface area (TPSA) is 44.8 Å². The maximum absolute atomic E-state index is 12.4. The van der Waals surface area contributed by atoms with Gasteiger partial charge < -0.3 is 14.2 Å².